The van der Waals surface area contributed by atoms with Crippen molar-refractivity contribution in [1.82, 2.24) is 14.9 Å². The zero-order chi connectivity index (χ0) is 16.5. The Labute approximate surface area is 139 Å². The summed E-state index contributed by atoms with van der Waals surface area (Å²) in [5.41, 5.74) is -0.620. The van der Waals surface area contributed by atoms with Crippen molar-refractivity contribution < 1.29 is 9.53 Å². The monoisotopic (exact) mass is 321 g/mol. The molecule has 5 heteroatoms. The third kappa shape index (κ3) is 4.14. The molecule has 2 unspecified atom stereocenters. The van der Waals surface area contributed by atoms with Gasteiger partial charge in [-0.2, -0.15) is 0 Å². The van der Waals surface area contributed by atoms with Crippen LogP contribution in [0.3, 0.4) is 0 Å². The van der Waals surface area contributed by atoms with Gasteiger partial charge in [0.1, 0.15) is 0 Å². The minimum Gasteiger partial charge on any atom is -0.451 e. The molecule has 1 heterocycles. The fourth-order valence-corrected chi connectivity index (χ4v) is 3.80. The van der Waals surface area contributed by atoms with Gasteiger partial charge in [0.05, 0.1) is 6.04 Å². The summed E-state index contributed by atoms with van der Waals surface area (Å²) >= 11 is 0. The maximum atomic E-state index is 11.3. The first-order valence-electron chi connectivity index (χ1n) is 9.13. The molecule has 1 aliphatic carbocycles. The molecule has 0 bridgehead atoms. The van der Waals surface area contributed by atoms with Gasteiger partial charge in [0.25, 0.3) is 6.47 Å². The van der Waals surface area contributed by atoms with Gasteiger partial charge >= 0.3 is 0 Å². The van der Waals surface area contributed by atoms with Crippen LogP contribution in [-0.4, -0.2) is 40.5 Å². The molecule has 2 rings (SSSR count). The van der Waals surface area contributed by atoms with Gasteiger partial charge in [-0.05, 0) is 45.2 Å². The number of unbranched alkanes of at least 4 members (excludes halogenated alkanes) is 2. The highest BCUT2D eigenvalue weighted by Gasteiger charge is 2.48. The molecular formula is C18H31N3O2. The quantitative estimate of drug-likeness (QED) is 0.669. The Morgan fingerprint density at radius 3 is 2.65 bits per heavy atom. The summed E-state index contributed by atoms with van der Waals surface area (Å²) in [4.78, 5) is 21.5. The van der Waals surface area contributed by atoms with Gasteiger partial charge in [0.2, 0.25) is 0 Å². The van der Waals surface area contributed by atoms with E-state index >= 15 is 0 Å². The Balaban J connectivity index is 2.29. The fraction of sp³-hybridized carbons (Fsp3) is 0.778. The first kappa shape index (κ1) is 18.0. The van der Waals surface area contributed by atoms with E-state index in [1.165, 1.54) is 32.1 Å². The summed E-state index contributed by atoms with van der Waals surface area (Å²) in [5.74, 6) is 0.798. The van der Waals surface area contributed by atoms with E-state index < -0.39 is 5.60 Å². The van der Waals surface area contributed by atoms with Gasteiger partial charge in [-0.3, -0.25) is 9.69 Å². The fourth-order valence-electron chi connectivity index (χ4n) is 3.80. The number of H-pyrrole nitrogens is 1. The van der Waals surface area contributed by atoms with Crippen LogP contribution < -0.4 is 0 Å². The van der Waals surface area contributed by atoms with Gasteiger partial charge < -0.3 is 9.72 Å². The lowest BCUT2D eigenvalue weighted by Gasteiger charge is -2.46. The lowest BCUT2D eigenvalue weighted by atomic mass is 9.78. The summed E-state index contributed by atoms with van der Waals surface area (Å²) in [6, 6.07) is 0.214. The first-order chi connectivity index (χ1) is 11.3. The van der Waals surface area contributed by atoms with Crippen LogP contribution in [0.5, 0.6) is 0 Å². The second-order valence-electron chi connectivity index (χ2n) is 6.55. The normalized spacial score (nSPS) is 24.7. The molecule has 1 aliphatic rings. The Hall–Kier alpha value is -1.36. The van der Waals surface area contributed by atoms with Crippen molar-refractivity contribution in [1.29, 1.82) is 0 Å². The van der Waals surface area contributed by atoms with E-state index in [4.69, 9.17) is 4.74 Å². The molecule has 130 valence electrons. The molecule has 0 radical (unpaired) electrons. The van der Waals surface area contributed by atoms with Crippen LogP contribution >= 0.6 is 0 Å². The third-order valence-electron chi connectivity index (χ3n) is 5.01. The first-order valence-corrected chi connectivity index (χ1v) is 9.13. The topological polar surface area (TPSA) is 58.2 Å². The molecule has 0 spiro atoms. The van der Waals surface area contributed by atoms with Crippen LogP contribution in [-0.2, 0) is 15.1 Å². The molecule has 0 saturated heterocycles. The average molecular weight is 321 g/mol. The number of hydrogen-bond donors (Lipinski definition) is 1. The Morgan fingerprint density at radius 1 is 1.35 bits per heavy atom. The van der Waals surface area contributed by atoms with Crippen LogP contribution in [0.4, 0.5) is 0 Å². The highest BCUT2D eigenvalue weighted by Crippen LogP contribution is 2.41. The standard InChI is InChI=1S/C18H31N3O2/c1-3-5-13-21(14-6-4-2)16-9-7-8-10-18(16,23-15-22)17-19-11-12-20-17/h11-12,15-16H,3-10,13-14H2,1-2H3,(H,19,20). The lowest BCUT2D eigenvalue weighted by Crippen LogP contribution is -2.55. The summed E-state index contributed by atoms with van der Waals surface area (Å²) in [6.45, 7) is 7.18. The van der Waals surface area contributed by atoms with Crippen molar-refractivity contribution in [2.75, 3.05) is 13.1 Å². The van der Waals surface area contributed by atoms with E-state index in [1.807, 2.05) is 6.20 Å². The number of aromatic amines is 1. The predicted molar refractivity (Wildman–Crippen MR) is 91.1 cm³/mol. The molecule has 23 heavy (non-hydrogen) atoms. The number of hydrogen-bond acceptors (Lipinski definition) is 4. The Morgan fingerprint density at radius 2 is 2.09 bits per heavy atom. The maximum absolute atomic E-state index is 11.3. The van der Waals surface area contributed by atoms with E-state index in [9.17, 15) is 4.79 Å². The predicted octanol–water partition coefficient (Wildman–Crippen LogP) is 3.62. The van der Waals surface area contributed by atoms with E-state index in [0.29, 0.717) is 6.47 Å². The molecular weight excluding hydrogens is 290 g/mol. The third-order valence-corrected chi connectivity index (χ3v) is 5.01. The van der Waals surface area contributed by atoms with E-state index in [-0.39, 0.29) is 6.04 Å². The molecule has 1 aromatic heterocycles. The lowest BCUT2D eigenvalue weighted by molar-refractivity contribution is -0.162. The number of aromatic nitrogens is 2. The molecule has 1 N–H and O–H groups in total. The number of nitrogens with one attached hydrogen (secondary N) is 1. The summed E-state index contributed by atoms with van der Waals surface area (Å²) in [5, 5.41) is 0. The van der Waals surface area contributed by atoms with Gasteiger partial charge in [-0.1, -0.05) is 33.1 Å². The van der Waals surface area contributed by atoms with E-state index in [1.54, 1.807) is 6.20 Å². The number of carbonyl (C=O) groups is 1. The SMILES string of the molecule is CCCCN(CCCC)C1CCCCC1(OC=O)c1ncc[nH]1. The minimum atomic E-state index is -0.620. The highest BCUT2D eigenvalue weighted by molar-refractivity contribution is 5.40. The van der Waals surface area contributed by atoms with Gasteiger partial charge in [-0.25, -0.2) is 4.98 Å². The molecule has 1 fully saturated rings. The Kier molecular flexibility index (Phi) is 7.09. The number of rotatable bonds is 10. The van der Waals surface area contributed by atoms with Crippen molar-refractivity contribution in [2.24, 2.45) is 0 Å². The zero-order valence-corrected chi connectivity index (χ0v) is 14.6. The van der Waals surface area contributed by atoms with Crippen molar-refractivity contribution >= 4 is 6.47 Å². The highest BCUT2D eigenvalue weighted by atomic mass is 16.5. The van der Waals surface area contributed by atoms with Gasteiger partial charge in [-0.15, -0.1) is 0 Å². The average Bonchev–Trinajstić information content (AvgIpc) is 3.11. The molecule has 1 aromatic rings. The maximum Gasteiger partial charge on any atom is 0.294 e. The zero-order valence-electron chi connectivity index (χ0n) is 14.6. The molecule has 2 atom stereocenters. The number of carbonyl (C=O) groups excluding carboxylic acids is 1. The molecule has 1 saturated carbocycles. The van der Waals surface area contributed by atoms with Crippen LogP contribution in [0.2, 0.25) is 0 Å². The largest absolute Gasteiger partial charge is 0.451 e. The van der Waals surface area contributed by atoms with Crippen LogP contribution in [0.1, 0.15) is 71.0 Å². The van der Waals surface area contributed by atoms with Crippen molar-refractivity contribution in [2.45, 2.75) is 76.9 Å². The molecule has 5 nitrogen and oxygen atoms in total. The van der Waals surface area contributed by atoms with Gasteiger partial charge in [0, 0.05) is 12.4 Å². The number of nitrogens with zero attached hydrogens (tertiary/aromatic N) is 2. The summed E-state index contributed by atoms with van der Waals surface area (Å²) in [6.07, 6.45) is 12.4. The van der Waals surface area contributed by atoms with Crippen LogP contribution in [0.15, 0.2) is 12.4 Å². The van der Waals surface area contributed by atoms with Gasteiger partial charge in [0.15, 0.2) is 11.4 Å². The van der Waals surface area contributed by atoms with Crippen molar-refractivity contribution in [3.05, 3.63) is 18.2 Å². The molecule has 0 aromatic carbocycles. The van der Waals surface area contributed by atoms with Crippen LogP contribution in [0.25, 0.3) is 0 Å². The second kappa shape index (κ2) is 9.06. The smallest absolute Gasteiger partial charge is 0.294 e. The molecule has 0 amide bonds. The van der Waals surface area contributed by atoms with Crippen molar-refractivity contribution in [3.8, 4) is 0 Å². The minimum absolute atomic E-state index is 0.214. The van der Waals surface area contributed by atoms with E-state index in [2.05, 4.69) is 28.7 Å². The van der Waals surface area contributed by atoms with E-state index in [0.717, 1.165) is 38.2 Å². The Bertz CT molecular complexity index is 441. The molecule has 0 aliphatic heterocycles. The van der Waals surface area contributed by atoms with Crippen molar-refractivity contribution in [3.63, 3.8) is 0 Å². The number of ether oxygens (including phenoxy) is 1. The summed E-state index contributed by atoms with van der Waals surface area (Å²) < 4.78 is 5.75. The summed E-state index contributed by atoms with van der Waals surface area (Å²) in [7, 11) is 0. The van der Waals surface area contributed by atoms with Crippen LogP contribution in [0, 0.1) is 0 Å². The number of imidazole rings is 1. The second-order valence-corrected chi connectivity index (χ2v) is 6.55.